The van der Waals surface area contributed by atoms with Gasteiger partial charge < -0.3 is 24.2 Å². The van der Waals surface area contributed by atoms with Gasteiger partial charge in [0.25, 0.3) is 11.4 Å². The molecule has 1 aromatic carbocycles. The molecule has 39 heavy (non-hydrogen) atoms. The maximum Gasteiger partial charge on any atom is 0.459 e. The first-order chi connectivity index (χ1) is 18.1. The second-order valence-electron chi connectivity index (χ2n) is 8.89. The second-order valence-corrected chi connectivity index (χ2v) is 10.6. The van der Waals surface area contributed by atoms with Crippen LogP contribution in [0.3, 0.4) is 0 Å². The number of benzene rings is 1. The summed E-state index contributed by atoms with van der Waals surface area (Å²) in [4.78, 5) is 38.0. The van der Waals surface area contributed by atoms with Gasteiger partial charge in [-0.15, -0.1) is 0 Å². The SMILES string of the molecule is C=C(C)C(O)(C(O)C(F)(COP(=O)(NC(C)C(=O)OC(C)C)Oc1ccccc1)OC)n1ccc(=O)[nH]c1=O. The van der Waals surface area contributed by atoms with Crippen molar-refractivity contribution in [2.75, 3.05) is 13.7 Å². The number of alkyl halides is 1. The van der Waals surface area contributed by atoms with E-state index >= 15 is 4.39 Å². The lowest BCUT2D eigenvalue weighted by Gasteiger charge is -2.41. The van der Waals surface area contributed by atoms with Crippen LogP contribution in [0, 0.1) is 0 Å². The highest BCUT2D eigenvalue weighted by Crippen LogP contribution is 2.47. The molecule has 2 aromatic rings. The van der Waals surface area contributed by atoms with E-state index in [9.17, 15) is 29.2 Å². The minimum atomic E-state index is -4.61. The third-order valence-electron chi connectivity index (χ3n) is 5.41. The molecule has 0 bridgehead atoms. The molecule has 13 nitrogen and oxygen atoms in total. The number of H-pyrrole nitrogens is 1. The minimum absolute atomic E-state index is 0.0263. The fraction of sp³-hybridized carbons (Fsp3) is 0.458. The van der Waals surface area contributed by atoms with Crippen LogP contribution < -0.4 is 20.9 Å². The standard InChI is InChI=1S/C24H33FN3O10P/c1-15(2)24(33,28-13-12-19(29)26-22(28)32)21(31)23(25,35-6)14-36-39(34,38-18-10-8-7-9-11-18)27-17(5)20(30)37-16(3)4/h7-13,16-17,21,31,33H,1,14H2,2-6H3,(H,27,34)(H,26,29,32). The van der Waals surface area contributed by atoms with Crippen molar-refractivity contribution in [3.63, 3.8) is 0 Å². The van der Waals surface area contributed by atoms with Crippen LogP contribution in [0.15, 0.2) is 64.3 Å². The maximum absolute atomic E-state index is 16.1. The number of esters is 1. The average Bonchev–Trinajstić information content (AvgIpc) is 2.86. The number of rotatable bonds is 14. The van der Waals surface area contributed by atoms with E-state index in [1.165, 1.54) is 26.0 Å². The number of aromatic amines is 1. The summed E-state index contributed by atoms with van der Waals surface area (Å²) >= 11 is 0. The lowest BCUT2D eigenvalue weighted by molar-refractivity contribution is -0.267. The van der Waals surface area contributed by atoms with Crippen molar-refractivity contribution in [1.82, 2.24) is 14.6 Å². The van der Waals surface area contributed by atoms with Crippen molar-refractivity contribution in [3.8, 4) is 5.75 Å². The van der Waals surface area contributed by atoms with Crippen LogP contribution in [0.25, 0.3) is 0 Å². The van der Waals surface area contributed by atoms with Gasteiger partial charge in [0.15, 0.2) is 11.8 Å². The number of aromatic nitrogens is 2. The number of carbonyl (C=O) groups excluding carboxylic acids is 1. The second kappa shape index (κ2) is 12.8. The number of nitrogens with zero attached hydrogens (tertiary/aromatic N) is 1. The van der Waals surface area contributed by atoms with Gasteiger partial charge in [-0.05, 0) is 45.4 Å². The topological polar surface area (TPSA) is 178 Å². The molecule has 0 spiro atoms. The van der Waals surface area contributed by atoms with Gasteiger partial charge in [0.1, 0.15) is 18.4 Å². The summed E-state index contributed by atoms with van der Waals surface area (Å²) in [7, 11) is -3.79. The summed E-state index contributed by atoms with van der Waals surface area (Å²) in [5, 5.41) is 24.6. The van der Waals surface area contributed by atoms with E-state index in [2.05, 4.69) is 11.7 Å². The highest BCUT2D eigenvalue weighted by atomic mass is 31.2. The molecule has 0 saturated carbocycles. The number of halogens is 1. The number of aliphatic hydroxyl groups is 2. The van der Waals surface area contributed by atoms with Crippen LogP contribution >= 0.6 is 7.75 Å². The van der Waals surface area contributed by atoms with E-state index in [1.807, 2.05) is 4.98 Å². The summed E-state index contributed by atoms with van der Waals surface area (Å²) < 4.78 is 50.8. The van der Waals surface area contributed by atoms with Gasteiger partial charge in [-0.2, -0.15) is 5.09 Å². The Kier molecular flexibility index (Phi) is 10.5. The lowest BCUT2D eigenvalue weighted by atomic mass is 9.93. The van der Waals surface area contributed by atoms with Gasteiger partial charge in [-0.1, -0.05) is 24.8 Å². The summed E-state index contributed by atoms with van der Waals surface area (Å²) in [6, 6.07) is 7.22. The molecule has 0 aliphatic rings. The number of para-hydroxylation sites is 1. The van der Waals surface area contributed by atoms with Crippen molar-refractivity contribution >= 4 is 13.7 Å². The first kappa shape index (κ1) is 32.1. The summed E-state index contributed by atoms with van der Waals surface area (Å²) in [5.41, 5.74) is -5.20. The fourth-order valence-electron chi connectivity index (χ4n) is 3.31. The number of hydrogen-bond acceptors (Lipinski definition) is 10. The molecule has 2 rings (SSSR count). The van der Waals surface area contributed by atoms with Crippen LogP contribution in [0.4, 0.5) is 4.39 Å². The smallest absolute Gasteiger partial charge is 0.459 e. The molecular weight excluding hydrogens is 540 g/mol. The van der Waals surface area contributed by atoms with Crippen molar-refractivity contribution < 1.29 is 42.5 Å². The normalized spacial score (nSPS) is 17.8. The van der Waals surface area contributed by atoms with Gasteiger partial charge in [0.2, 0.25) is 0 Å². The fourth-order valence-corrected chi connectivity index (χ4v) is 4.82. The molecule has 1 heterocycles. The van der Waals surface area contributed by atoms with Gasteiger partial charge in [0, 0.05) is 19.4 Å². The first-order valence-corrected chi connectivity index (χ1v) is 13.2. The monoisotopic (exact) mass is 573 g/mol. The molecule has 5 atom stereocenters. The summed E-state index contributed by atoms with van der Waals surface area (Å²) in [6.45, 7) is 7.88. The van der Waals surface area contributed by atoms with Crippen molar-refractivity contribution in [2.45, 2.75) is 57.5 Å². The van der Waals surface area contributed by atoms with E-state index in [1.54, 1.807) is 32.0 Å². The predicted molar refractivity (Wildman–Crippen MR) is 138 cm³/mol. The van der Waals surface area contributed by atoms with E-state index in [0.717, 1.165) is 19.4 Å². The number of nitrogens with one attached hydrogen (secondary N) is 2. The van der Waals surface area contributed by atoms with Crippen LogP contribution in [0.5, 0.6) is 5.75 Å². The molecule has 0 aliphatic carbocycles. The van der Waals surface area contributed by atoms with Crippen LogP contribution in [0.1, 0.15) is 27.7 Å². The van der Waals surface area contributed by atoms with Crippen molar-refractivity contribution in [1.29, 1.82) is 0 Å². The highest BCUT2D eigenvalue weighted by molar-refractivity contribution is 7.52. The zero-order valence-corrected chi connectivity index (χ0v) is 23.0. The molecule has 0 aliphatic heterocycles. The zero-order valence-electron chi connectivity index (χ0n) is 22.1. The Morgan fingerprint density at radius 2 is 1.85 bits per heavy atom. The molecule has 1 aromatic heterocycles. The van der Waals surface area contributed by atoms with E-state index in [-0.39, 0.29) is 11.3 Å². The van der Waals surface area contributed by atoms with Gasteiger partial charge >= 0.3 is 19.4 Å². The Labute approximate surface area is 223 Å². The maximum atomic E-state index is 16.1. The number of aliphatic hydroxyl groups excluding tert-OH is 1. The minimum Gasteiger partial charge on any atom is -0.462 e. The first-order valence-electron chi connectivity index (χ1n) is 11.7. The Morgan fingerprint density at radius 1 is 1.23 bits per heavy atom. The van der Waals surface area contributed by atoms with Crippen molar-refractivity contribution in [3.05, 3.63) is 75.6 Å². The zero-order chi connectivity index (χ0) is 29.6. The van der Waals surface area contributed by atoms with Crippen LogP contribution in [-0.2, 0) is 29.1 Å². The molecule has 5 unspecified atom stereocenters. The third-order valence-corrected chi connectivity index (χ3v) is 7.03. The summed E-state index contributed by atoms with van der Waals surface area (Å²) in [6.07, 6.45) is -2.30. The Morgan fingerprint density at radius 3 is 2.36 bits per heavy atom. The van der Waals surface area contributed by atoms with Gasteiger partial charge in [0.05, 0.1) is 6.10 Å². The largest absolute Gasteiger partial charge is 0.462 e. The van der Waals surface area contributed by atoms with Gasteiger partial charge in [-0.3, -0.25) is 23.7 Å². The highest BCUT2D eigenvalue weighted by Gasteiger charge is 2.55. The Bertz CT molecular complexity index is 1320. The van der Waals surface area contributed by atoms with E-state index in [4.69, 9.17) is 18.5 Å². The molecule has 0 radical (unpaired) electrons. The molecule has 216 valence electrons. The Hall–Kier alpha value is -3.13. The number of ether oxygens (including phenoxy) is 2. The molecule has 0 amide bonds. The Balaban J connectivity index is 2.44. The summed E-state index contributed by atoms with van der Waals surface area (Å²) in [5.74, 6) is -4.14. The quantitative estimate of drug-likeness (QED) is 0.146. The molecule has 15 heteroatoms. The van der Waals surface area contributed by atoms with E-state index < -0.39 is 61.4 Å². The molecule has 0 fully saturated rings. The number of methoxy groups -OCH3 is 1. The lowest BCUT2D eigenvalue weighted by Crippen LogP contribution is -2.61. The average molecular weight is 574 g/mol. The van der Waals surface area contributed by atoms with Crippen LogP contribution in [0.2, 0.25) is 0 Å². The molecule has 0 saturated heterocycles. The molecule has 4 N–H and O–H groups in total. The predicted octanol–water partition coefficient (Wildman–Crippen LogP) is 1.56. The van der Waals surface area contributed by atoms with Crippen molar-refractivity contribution in [2.24, 2.45) is 0 Å². The van der Waals surface area contributed by atoms with E-state index in [0.29, 0.717) is 4.57 Å². The third kappa shape index (κ3) is 7.72. The number of carbonyl (C=O) groups is 1. The van der Waals surface area contributed by atoms with Gasteiger partial charge in [-0.25, -0.2) is 13.8 Å². The number of hydrogen-bond donors (Lipinski definition) is 4. The molecular formula is C24H33FN3O10P. The van der Waals surface area contributed by atoms with Crippen LogP contribution in [-0.4, -0.2) is 63.6 Å².